The summed E-state index contributed by atoms with van der Waals surface area (Å²) < 4.78 is 67.3. The molecule has 4 aromatic carbocycles. The Bertz CT molecular complexity index is 1810. The van der Waals surface area contributed by atoms with Gasteiger partial charge in [0.1, 0.15) is 16.4 Å². The van der Waals surface area contributed by atoms with E-state index in [0.717, 1.165) is 0 Å². The number of hydrogen-bond acceptors (Lipinski definition) is 7. The molecule has 41 heavy (non-hydrogen) atoms. The third-order valence-corrected chi connectivity index (χ3v) is 9.18. The van der Waals surface area contributed by atoms with Crippen LogP contribution in [-0.4, -0.2) is 37.0 Å². The first-order valence-electron chi connectivity index (χ1n) is 12.0. The summed E-state index contributed by atoms with van der Waals surface area (Å²) in [5.74, 6) is 0.152. The van der Waals surface area contributed by atoms with Gasteiger partial charge in [-0.3, -0.25) is 14.2 Å². The molecule has 214 valence electrons. The molecule has 0 radical (unpaired) electrons. The van der Waals surface area contributed by atoms with E-state index in [1.165, 1.54) is 62.8 Å². The van der Waals surface area contributed by atoms with Gasteiger partial charge in [-0.1, -0.05) is 29.8 Å². The van der Waals surface area contributed by atoms with E-state index in [0.29, 0.717) is 17.0 Å². The maximum atomic E-state index is 13.0. The predicted molar refractivity (Wildman–Crippen MR) is 158 cm³/mol. The van der Waals surface area contributed by atoms with Crippen molar-refractivity contribution in [2.75, 3.05) is 29.0 Å². The Morgan fingerprint density at radius 2 is 1.44 bits per heavy atom. The number of ether oxygens (including phenoxy) is 2. The van der Waals surface area contributed by atoms with Gasteiger partial charge in [0.25, 0.3) is 26.0 Å². The van der Waals surface area contributed by atoms with Gasteiger partial charge >= 0.3 is 0 Å². The number of anilines is 3. The van der Waals surface area contributed by atoms with Crippen molar-refractivity contribution in [1.82, 2.24) is 0 Å². The van der Waals surface area contributed by atoms with E-state index in [1.807, 2.05) is 0 Å². The molecule has 0 saturated heterocycles. The largest absolute Gasteiger partial charge is 0.497 e. The number of para-hydroxylation sites is 1. The van der Waals surface area contributed by atoms with Crippen molar-refractivity contribution in [1.29, 1.82) is 0 Å². The van der Waals surface area contributed by atoms with Crippen molar-refractivity contribution in [3.8, 4) is 11.5 Å². The van der Waals surface area contributed by atoms with E-state index in [1.54, 1.807) is 43.3 Å². The van der Waals surface area contributed by atoms with Crippen molar-refractivity contribution < 1.29 is 31.1 Å². The van der Waals surface area contributed by atoms with Gasteiger partial charge in [0.05, 0.1) is 35.5 Å². The predicted octanol–water partition coefficient (Wildman–Crippen LogP) is 5.52. The van der Waals surface area contributed by atoms with Crippen LogP contribution in [0.2, 0.25) is 5.02 Å². The average molecular weight is 616 g/mol. The number of carbonyl (C=O) groups excluding carboxylic acids is 1. The van der Waals surface area contributed by atoms with Crippen LogP contribution in [-0.2, 0) is 20.0 Å². The monoisotopic (exact) mass is 615 g/mol. The van der Waals surface area contributed by atoms with Gasteiger partial charge in [-0.05, 0) is 73.2 Å². The molecule has 0 fully saturated rings. The second-order valence-corrected chi connectivity index (χ2v) is 12.5. The number of aryl methyl sites for hydroxylation is 1. The smallest absolute Gasteiger partial charge is 0.263 e. The summed E-state index contributed by atoms with van der Waals surface area (Å²) >= 11 is 6.18. The van der Waals surface area contributed by atoms with Crippen LogP contribution in [0.3, 0.4) is 0 Å². The topological polar surface area (TPSA) is 140 Å². The number of rotatable bonds is 10. The van der Waals surface area contributed by atoms with Crippen LogP contribution in [0.25, 0.3) is 0 Å². The zero-order valence-corrected chi connectivity index (χ0v) is 24.5. The Balaban J connectivity index is 1.50. The molecule has 10 nitrogen and oxygen atoms in total. The van der Waals surface area contributed by atoms with Crippen LogP contribution in [0.5, 0.6) is 11.5 Å². The summed E-state index contributed by atoms with van der Waals surface area (Å²) in [7, 11) is -5.20. The van der Waals surface area contributed by atoms with Crippen molar-refractivity contribution in [2.24, 2.45) is 0 Å². The minimum absolute atomic E-state index is 0.0320. The summed E-state index contributed by atoms with van der Waals surface area (Å²) in [4.78, 5) is 12.6. The fourth-order valence-corrected chi connectivity index (χ4v) is 6.47. The SMILES string of the molecule is COc1ccc(NS(=O)(=O)c2ccc(NC(=O)c3ccc(Cl)c(S(=O)(=O)Nc4ccccc4C)c3)cc2)c(OC)c1. The van der Waals surface area contributed by atoms with Crippen LogP contribution in [0.15, 0.2) is 94.7 Å². The molecular weight excluding hydrogens is 590 g/mol. The zero-order chi connectivity index (χ0) is 29.8. The molecule has 4 rings (SSSR count). The second-order valence-electron chi connectivity index (χ2n) is 8.72. The number of hydrogen-bond donors (Lipinski definition) is 3. The fraction of sp³-hybridized carbons (Fsp3) is 0.107. The standard InChI is InChI=1S/C28H26ClN3O7S2/c1-18-6-4-5-7-24(18)31-41(36,37)27-16-19(8-14-23(27)29)28(33)30-20-9-12-22(13-10-20)40(34,35)32-25-15-11-21(38-2)17-26(25)39-3/h4-17,31-32H,1-3H3,(H,30,33). The van der Waals surface area contributed by atoms with Crippen LogP contribution >= 0.6 is 11.6 Å². The van der Waals surface area contributed by atoms with Crippen molar-refractivity contribution >= 4 is 54.6 Å². The Morgan fingerprint density at radius 3 is 2.10 bits per heavy atom. The molecule has 0 aliphatic heterocycles. The number of nitrogens with one attached hydrogen (secondary N) is 3. The lowest BCUT2D eigenvalue weighted by molar-refractivity contribution is 0.102. The number of amides is 1. The summed E-state index contributed by atoms with van der Waals surface area (Å²) in [5, 5.41) is 2.57. The number of methoxy groups -OCH3 is 2. The molecule has 0 atom stereocenters. The highest BCUT2D eigenvalue weighted by Crippen LogP contribution is 2.31. The molecule has 1 amide bonds. The second kappa shape index (κ2) is 12.1. The average Bonchev–Trinajstić information content (AvgIpc) is 2.94. The van der Waals surface area contributed by atoms with E-state index in [2.05, 4.69) is 14.8 Å². The Hall–Kier alpha value is -4.26. The molecule has 0 spiro atoms. The summed E-state index contributed by atoms with van der Waals surface area (Å²) in [6.45, 7) is 1.76. The van der Waals surface area contributed by atoms with Gasteiger partial charge in [-0.25, -0.2) is 16.8 Å². The minimum atomic E-state index is -4.10. The van der Waals surface area contributed by atoms with Crippen LogP contribution in [0.4, 0.5) is 17.1 Å². The molecule has 13 heteroatoms. The van der Waals surface area contributed by atoms with Crippen LogP contribution < -0.4 is 24.2 Å². The lowest BCUT2D eigenvalue weighted by Gasteiger charge is -2.14. The maximum absolute atomic E-state index is 13.0. The molecule has 4 aromatic rings. The third-order valence-electron chi connectivity index (χ3n) is 5.95. The van der Waals surface area contributed by atoms with Gasteiger partial charge in [0.15, 0.2) is 0 Å². The molecule has 0 unspecified atom stereocenters. The van der Waals surface area contributed by atoms with Crippen molar-refractivity contribution in [2.45, 2.75) is 16.7 Å². The van der Waals surface area contributed by atoms with Crippen molar-refractivity contribution in [3.63, 3.8) is 0 Å². The molecule has 0 aromatic heterocycles. The highest BCUT2D eigenvalue weighted by molar-refractivity contribution is 7.93. The molecule has 0 aliphatic rings. The molecule has 0 aliphatic carbocycles. The normalized spacial score (nSPS) is 11.4. The Labute approximate surface area is 243 Å². The van der Waals surface area contributed by atoms with E-state index in [4.69, 9.17) is 21.1 Å². The first kappa shape index (κ1) is 29.7. The van der Waals surface area contributed by atoms with Gasteiger partial charge in [0.2, 0.25) is 0 Å². The maximum Gasteiger partial charge on any atom is 0.263 e. The zero-order valence-electron chi connectivity index (χ0n) is 22.1. The summed E-state index contributed by atoms with van der Waals surface area (Å²) in [6.07, 6.45) is 0. The van der Waals surface area contributed by atoms with Gasteiger partial charge in [0, 0.05) is 17.3 Å². The molecule has 3 N–H and O–H groups in total. The summed E-state index contributed by atoms with van der Waals surface area (Å²) in [5.41, 5.74) is 1.63. The van der Waals surface area contributed by atoms with E-state index < -0.39 is 26.0 Å². The molecule has 0 saturated carbocycles. The Morgan fingerprint density at radius 1 is 0.756 bits per heavy atom. The molecular formula is C28H26ClN3O7S2. The number of benzene rings is 4. The van der Waals surface area contributed by atoms with Crippen LogP contribution in [0, 0.1) is 6.92 Å². The first-order valence-corrected chi connectivity index (χ1v) is 15.3. The highest BCUT2D eigenvalue weighted by atomic mass is 35.5. The number of halogens is 1. The van der Waals surface area contributed by atoms with Crippen molar-refractivity contribution in [3.05, 3.63) is 101 Å². The minimum Gasteiger partial charge on any atom is -0.497 e. The lowest BCUT2D eigenvalue weighted by Crippen LogP contribution is -2.17. The van der Waals surface area contributed by atoms with Gasteiger partial charge in [-0.15, -0.1) is 0 Å². The Kier molecular flexibility index (Phi) is 8.76. The third kappa shape index (κ3) is 6.91. The quantitative estimate of drug-likeness (QED) is 0.213. The number of sulfonamides is 2. The lowest BCUT2D eigenvalue weighted by atomic mass is 10.2. The fourth-order valence-electron chi connectivity index (χ4n) is 3.74. The van der Waals surface area contributed by atoms with E-state index in [9.17, 15) is 21.6 Å². The van der Waals surface area contributed by atoms with E-state index >= 15 is 0 Å². The van der Waals surface area contributed by atoms with Gasteiger partial charge in [-0.2, -0.15) is 0 Å². The van der Waals surface area contributed by atoms with Crippen LogP contribution in [0.1, 0.15) is 15.9 Å². The summed E-state index contributed by atoms with van der Waals surface area (Å²) in [6, 6.07) is 20.8. The molecule has 0 heterocycles. The highest BCUT2D eigenvalue weighted by Gasteiger charge is 2.22. The molecule has 0 bridgehead atoms. The number of carbonyl (C=O) groups is 1. The van der Waals surface area contributed by atoms with E-state index in [-0.39, 0.29) is 37.5 Å². The van der Waals surface area contributed by atoms with Gasteiger partial charge < -0.3 is 14.8 Å². The first-order chi connectivity index (χ1) is 19.4.